The van der Waals surface area contributed by atoms with Crippen LogP contribution in [-0.2, 0) is 9.59 Å². The molecule has 0 saturated carbocycles. The number of benzene rings is 1. The van der Waals surface area contributed by atoms with Crippen molar-refractivity contribution in [2.45, 2.75) is 13.3 Å². The second-order valence-corrected chi connectivity index (χ2v) is 5.53. The van der Waals surface area contributed by atoms with Crippen LogP contribution in [0, 0.1) is 6.92 Å². The number of nitrogen functional groups attached to an aromatic ring is 1. The highest BCUT2D eigenvalue weighted by molar-refractivity contribution is 8.13. The van der Waals surface area contributed by atoms with Crippen LogP contribution in [0.25, 0.3) is 0 Å². The molecule has 0 aliphatic carbocycles. The van der Waals surface area contributed by atoms with Crippen LogP contribution in [0.3, 0.4) is 0 Å². The topological polar surface area (TPSA) is 92.5 Å². The normalized spacial score (nSPS) is 15.3. The maximum atomic E-state index is 11.9. The van der Waals surface area contributed by atoms with Gasteiger partial charge in [0, 0.05) is 12.2 Å². The second-order valence-electron chi connectivity index (χ2n) is 4.48. The smallest absolute Gasteiger partial charge is 0.288 e. The summed E-state index contributed by atoms with van der Waals surface area (Å²) in [6, 6.07) is 5.25. The molecule has 6 nitrogen and oxygen atoms in total. The lowest BCUT2D eigenvalue weighted by molar-refractivity contribution is -0.131. The highest BCUT2D eigenvalue weighted by Gasteiger charge is 2.28. The summed E-state index contributed by atoms with van der Waals surface area (Å²) in [5.41, 5.74) is 7.70. The van der Waals surface area contributed by atoms with E-state index in [0.717, 1.165) is 22.2 Å². The van der Waals surface area contributed by atoms with Crippen LogP contribution >= 0.6 is 11.8 Å². The first-order valence-corrected chi connectivity index (χ1v) is 7.09. The number of carbonyl (C=O) groups excluding carboxylic acids is 3. The zero-order valence-corrected chi connectivity index (χ0v) is 11.8. The minimum atomic E-state index is -0.440. The molecule has 1 aliphatic heterocycles. The number of hydrogen-bond acceptors (Lipinski definition) is 5. The number of carbonyl (C=O) groups is 3. The molecule has 1 aliphatic rings. The Morgan fingerprint density at radius 2 is 2.20 bits per heavy atom. The molecule has 0 unspecified atom stereocenters. The van der Waals surface area contributed by atoms with Crippen LogP contribution in [0.4, 0.5) is 16.2 Å². The monoisotopic (exact) mass is 293 g/mol. The van der Waals surface area contributed by atoms with Gasteiger partial charge in [0.05, 0.1) is 11.4 Å². The van der Waals surface area contributed by atoms with Gasteiger partial charge in [0.1, 0.15) is 6.54 Å². The fourth-order valence-corrected chi connectivity index (χ4v) is 2.60. The summed E-state index contributed by atoms with van der Waals surface area (Å²) in [6.07, 6.45) is 0.274. The first-order chi connectivity index (χ1) is 9.47. The van der Waals surface area contributed by atoms with Crippen molar-refractivity contribution >= 4 is 40.2 Å². The van der Waals surface area contributed by atoms with Gasteiger partial charge in [-0.3, -0.25) is 19.3 Å². The van der Waals surface area contributed by atoms with Crippen LogP contribution in [0.2, 0.25) is 0 Å². The molecule has 0 bridgehead atoms. The maximum Gasteiger partial charge on any atom is 0.288 e. The number of nitrogens with two attached hydrogens (primary N) is 1. The van der Waals surface area contributed by atoms with E-state index in [-0.39, 0.29) is 24.1 Å². The van der Waals surface area contributed by atoms with Crippen LogP contribution in [0.5, 0.6) is 0 Å². The molecular weight excluding hydrogens is 278 g/mol. The van der Waals surface area contributed by atoms with Crippen molar-refractivity contribution in [3.05, 3.63) is 23.8 Å². The van der Waals surface area contributed by atoms with Crippen molar-refractivity contribution in [1.29, 1.82) is 0 Å². The lowest BCUT2D eigenvalue weighted by Crippen LogP contribution is -2.43. The Morgan fingerprint density at radius 3 is 2.85 bits per heavy atom. The molecule has 20 heavy (non-hydrogen) atoms. The molecule has 1 fully saturated rings. The van der Waals surface area contributed by atoms with E-state index in [1.54, 1.807) is 12.1 Å². The van der Waals surface area contributed by atoms with E-state index in [2.05, 4.69) is 5.32 Å². The third-order valence-corrected chi connectivity index (χ3v) is 3.72. The highest BCUT2D eigenvalue weighted by Crippen LogP contribution is 2.21. The second kappa shape index (κ2) is 5.96. The van der Waals surface area contributed by atoms with E-state index in [1.165, 1.54) is 0 Å². The zero-order chi connectivity index (χ0) is 14.7. The number of aryl methyl sites for hydroxylation is 1. The first-order valence-electron chi connectivity index (χ1n) is 6.10. The zero-order valence-electron chi connectivity index (χ0n) is 11.0. The molecule has 1 aromatic rings. The van der Waals surface area contributed by atoms with E-state index in [1.807, 2.05) is 13.0 Å². The van der Waals surface area contributed by atoms with Gasteiger partial charge in [-0.15, -0.1) is 0 Å². The molecule has 7 heteroatoms. The van der Waals surface area contributed by atoms with Crippen molar-refractivity contribution in [3.63, 3.8) is 0 Å². The van der Waals surface area contributed by atoms with Gasteiger partial charge < -0.3 is 11.1 Å². The number of rotatable bonds is 3. The summed E-state index contributed by atoms with van der Waals surface area (Å²) in [5.74, 6) is -0.286. The lowest BCUT2D eigenvalue weighted by Gasteiger charge is -2.23. The van der Waals surface area contributed by atoms with E-state index in [9.17, 15) is 14.4 Å². The summed E-state index contributed by atoms with van der Waals surface area (Å²) in [5, 5.41) is 2.23. The van der Waals surface area contributed by atoms with Gasteiger partial charge in [0.2, 0.25) is 11.8 Å². The Labute approximate surface area is 120 Å². The van der Waals surface area contributed by atoms with Crippen molar-refractivity contribution in [2.75, 3.05) is 23.3 Å². The van der Waals surface area contributed by atoms with Crippen LogP contribution < -0.4 is 11.1 Å². The van der Waals surface area contributed by atoms with E-state index in [4.69, 9.17) is 5.73 Å². The number of anilines is 2. The number of nitrogens with one attached hydrogen (secondary N) is 1. The fourth-order valence-electron chi connectivity index (χ4n) is 1.82. The minimum Gasteiger partial charge on any atom is -0.397 e. The molecular formula is C13H15N3O3S. The van der Waals surface area contributed by atoms with E-state index in [0.29, 0.717) is 17.1 Å². The van der Waals surface area contributed by atoms with Crippen molar-refractivity contribution in [3.8, 4) is 0 Å². The third-order valence-electron chi connectivity index (χ3n) is 2.85. The number of imide groups is 1. The number of thioether (sulfide) groups is 1. The van der Waals surface area contributed by atoms with Crippen molar-refractivity contribution in [1.82, 2.24) is 4.90 Å². The average molecular weight is 293 g/mol. The summed E-state index contributed by atoms with van der Waals surface area (Å²) in [7, 11) is 0. The molecule has 0 spiro atoms. The van der Waals surface area contributed by atoms with Gasteiger partial charge in [0.15, 0.2) is 0 Å². The Bertz CT molecular complexity index is 558. The minimum absolute atomic E-state index is 0.274. The fraction of sp³-hybridized carbons (Fsp3) is 0.308. The molecule has 0 aromatic heterocycles. The molecule has 1 saturated heterocycles. The van der Waals surface area contributed by atoms with Crippen LogP contribution in [0.15, 0.2) is 18.2 Å². The summed E-state index contributed by atoms with van der Waals surface area (Å²) in [4.78, 5) is 36.0. The molecule has 3 N–H and O–H groups in total. The summed E-state index contributed by atoms with van der Waals surface area (Å²) < 4.78 is 0. The van der Waals surface area contributed by atoms with Gasteiger partial charge in [-0.2, -0.15) is 0 Å². The van der Waals surface area contributed by atoms with Gasteiger partial charge >= 0.3 is 0 Å². The van der Waals surface area contributed by atoms with E-state index >= 15 is 0 Å². The molecule has 1 heterocycles. The number of amides is 3. The number of hydrogen-bond donors (Lipinski definition) is 2. The molecule has 1 aromatic carbocycles. The number of nitrogens with zero attached hydrogens (tertiary/aromatic N) is 1. The molecule has 0 radical (unpaired) electrons. The average Bonchev–Trinajstić information content (AvgIpc) is 2.37. The summed E-state index contributed by atoms with van der Waals surface area (Å²) >= 11 is 1.04. The Hall–Kier alpha value is -2.02. The van der Waals surface area contributed by atoms with Crippen LogP contribution in [-0.4, -0.2) is 34.3 Å². The molecule has 2 rings (SSSR count). The van der Waals surface area contributed by atoms with Gasteiger partial charge in [-0.1, -0.05) is 17.8 Å². The summed E-state index contributed by atoms with van der Waals surface area (Å²) in [6.45, 7) is 1.61. The van der Waals surface area contributed by atoms with Gasteiger partial charge in [-0.25, -0.2) is 0 Å². The SMILES string of the molecule is Cc1ccc(NC(=O)CN2C(=O)CCSC2=O)c(N)c1. The Balaban J connectivity index is 2.01. The van der Waals surface area contributed by atoms with E-state index < -0.39 is 5.91 Å². The van der Waals surface area contributed by atoms with Gasteiger partial charge in [-0.05, 0) is 24.6 Å². The molecule has 3 amide bonds. The third kappa shape index (κ3) is 3.30. The molecule has 106 valence electrons. The van der Waals surface area contributed by atoms with Crippen molar-refractivity contribution in [2.24, 2.45) is 0 Å². The highest BCUT2D eigenvalue weighted by atomic mass is 32.2. The molecule has 0 atom stereocenters. The predicted molar refractivity (Wildman–Crippen MR) is 78.4 cm³/mol. The van der Waals surface area contributed by atoms with Crippen molar-refractivity contribution < 1.29 is 14.4 Å². The standard InChI is InChI=1S/C13H15N3O3S/c1-8-2-3-10(9(14)6-8)15-11(17)7-16-12(18)4-5-20-13(16)19/h2-3,6H,4-5,7,14H2,1H3,(H,15,17). The Morgan fingerprint density at radius 1 is 1.45 bits per heavy atom. The first kappa shape index (κ1) is 14.4. The Kier molecular flexibility index (Phi) is 4.29. The quantitative estimate of drug-likeness (QED) is 0.826. The lowest BCUT2D eigenvalue weighted by atomic mass is 10.2. The predicted octanol–water partition coefficient (Wildman–Crippen LogP) is 1.60. The largest absolute Gasteiger partial charge is 0.397 e. The van der Waals surface area contributed by atoms with Gasteiger partial charge in [0.25, 0.3) is 5.24 Å². The maximum absolute atomic E-state index is 11.9. The van der Waals surface area contributed by atoms with Crippen LogP contribution in [0.1, 0.15) is 12.0 Å².